The Hall–Kier alpha value is -2.00. The number of benzene rings is 2. The van der Waals surface area contributed by atoms with E-state index in [0.717, 1.165) is 69.6 Å². The van der Waals surface area contributed by atoms with Crippen molar-refractivity contribution in [3.8, 4) is 11.5 Å². The average molecular weight is 568 g/mol. The summed E-state index contributed by atoms with van der Waals surface area (Å²) in [5.74, 6) is 2.36. The lowest BCUT2D eigenvalue weighted by Crippen LogP contribution is -2.42. The predicted molar refractivity (Wildman–Crippen MR) is 146 cm³/mol. The van der Waals surface area contributed by atoms with Crippen LogP contribution in [0.15, 0.2) is 47.5 Å². The zero-order valence-corrected chi connectivity index (χ0v) is 22.6. The first-order chi connectivity index (χ1) is 15.6. The minimum absolute atomic E-state index is 0. The Morgan fingerprint density at radius 1 is 1.03 bits per heavy atom. The van der Waals surface area contributed by atoms with Crippen molar-refractivity contribution in [1.82, 2.24) is 10.6 Å². The summed E-state index contributed by atoms with van der Waals surface area (Å²) in [6.45, 7) is 8.21. The van der Waals surface area contributed by atoms with Gasteiger partial charge in [-0.3, -0.25) is 4.99 Å². The maximum atomic E-state index is 5.69. The maximum absolute atomic E-state index is 5.69. The van der Waals surface area contributed by atoms with Gasteiger partial charge in [0.2, 0.25) is 0 Å². The Bertz CT molecular complexity index is 898. The molecular formula is C26H38IN3O3. The number of nitrogens with one attached hydrogen (secondary N) is 2. The summed E-state index contributed by atoms with van der Waals surface area (Å²) < 4.78 is 16.4. The quantitative estimate of drug-likeness (QED) is 0.266. The second-order valence-electron chi connectivity index (χ2n) is 8.27. The molecule has 1 saturated heterocycles. The zero-order valence-electron chi connectivity index (χ0n) is 20.3. The molecule has 6 nitrogen and oxygen atoms in total. The fourth-order valence-corrected chi connectivity index (χ4v) is 4.38. The Balaban J connectivity index is 0.00000385. The number of ether oxygens (including phenoxy) is 3. The third-order valence-corrected chi connectivity index (χ3v) is 6.20. The van der Waals surface area contributed by atoms with Crippen LogP contribution in [0.2, 0.25) is 0 Å². The molecule has 2 N–H and O–H groups in total. The lowest BCUT2D eigenvalue weighted by Gasteiger charge is -2.37. The van der Waals surface area contributed by atoms with E-state index >= 15 is 0 Å². The zero-order chi connectivity index (χ0) is 22.8. The third-order valence-electron chi connectivity index (χ3n) is 6.20. The molecule has 0 saturated carbocycles. The minimum Gasteiger partial charge on any atom is -0.493 e. The molecule has 0 aromatic heterocycles. The van der Waals surface area contributed by atoms with Gasteiger partial charge in [0.15, 0.2) is 17.5 Å². The number of hydrogen-bond acceptors (Lipinski definition) is 4. The smallest absolute Gasteiger partial charge is 0.191 e. The highest BCUT2D eigenvalue weighted by Crippen LogP contribution is 2.37. The van der Waals surface area contributed by atoms with E-state index in [-0.39, 0.29) is 29.4 Å². The first-order valence-corrected chi connectivity index (χ1v) is 11.5. The van der Waals surface area contributed by atoms with Gasteiger partial charge in [-0.15, -0.1) is 24.0 Å². The first-order valence-electron chi connectivity index (χ1n) is 11.5. The van der Waals surface area contributed by atoms with Crippen LogP contribution < -0.4 is 20.1 Å². The summed E-state index contributed by atoms with van der Waals surface area (Å²) in [7, 11) is 3.32. The molecule has 0 bridgehead atoms. The molecule has 0 spiro atoms. The number of aliphatic imine (C=N–C) groups is 1. The van der Waals surface area contributed by atoms with Gasteiger partial charge in [0.05, 0.1) is 20.8 Å². The van der Waals surface area contributed by atoms with E-state index in [1.807, 2.05) is 12.1 Å². The second-order valence-corrected chi connectivity index (χ2v) is 8.27. The molecule has 1 fully saturated rings. The van der Waals surface area contributed by atoms with Crippen LogP contribution in [0.5, 0.6) is 11.5 Å². The molecule has 0 amide bonds. The van der Waals surface area contributed by atoms with Crippen molar-refractivity contribution in [3.63, 3.8) is 0 Å². The number of nitrogens with zero attached hydrogens (tertiary/aromatic N) is 1. The summed E-state index contributed by atoms with van der Waals surface area (Å²) >= 11 is 0. The molecule has 1 heterocycles. The predicted octanol–water partition coefficient (Wildman–Crippen LogP) is 4.48. The van der Waals surface area contributed by atoms with E-state index in [0.29, 0.717) is 0 Å². The largest absolute Gasteiger partial charge is 0.493 e. The van der Waals surface area contributed by atoms with Crippen molar-refractivity contribution >= 4 is 29.9 Å². The van der Waals surface area contributed by atoms with Crippen LogP contribution >= 0.6 is 24.0 Å². The molecule has 0 atom stereocenters. The van der Waals surface area contributed by atoms with Gasteiger partial charge < -0.3 is 24.8 Å². The van der Waals surface area contributed by atoms with Crippen LogP contribution in [-0.2, 0) is 16.6 Å². The van der Waals surface area contributed by atoms with Gasteiger partial charge >= 0.3 is 0 Å². The van der Waals surface area contributed by atoms with Crippen LogP contribution in [0.4, 0.5) is 0 Å². The third kappa shape index (κ3) is 7.24. The topological polar surface area (TPSA) is 64.1 Å². The molecule has 2 aromatic rings. The molecule has 0 aliphatic carbocycles. The minimum atomic E-state index is 0. The molecule has 2 aromatic carbocycles. The molecule has 1 aliphatic rings. The summed E-state index contributed by atoms with van der Waals surface area (Å²) in [6, 6.07) is 14.7. The highest BCUT2D eigenvalue weighted by atomic mass is 127. The number of guanidine groups is 1. The van der Waals surface area contributed by atoms with Crippen molar-refractivity contribution in [3.05, 3.63) is 59.2 Å². The van der Waals surface area contributed by atoms with E-state index < -0.39 is 0 Å². The van der Waals surface area contributed by atoms with Crippen LogP contribution in [0.3, 0.4) is 0 Å². The Labute approximate surface area is 215 Å². The Kier molecular flexibility index (Phi) is 11.3. The number of halogens is 1. The molecule has 1 aliphatic heterocycles. The fourth-order valence-electron chi connectivity index (χ4n) is 4.38. The fraction of sp³-hybridized carbons (Fsp3) is 0.500. The summed E-state index contributed by atoms with van der Waals surface area (Å²) in [6.07, 6.45) is 2.85. The Morgan fingerprint density at radius 3 is 2.42 bits per heavy atom. The van der Waals surface area contributed by atoms with Gasteiger partial charge in [0, 0.05) is 31.7 Å². The normalized spacial score (nSPS) is 15.3. The van der Waals surface area contributed by atoms with Crippen LogP contribution in [0.25, 0.3) is 0 Å². The molecule has 7 heteroatoms. The van der Waals surface area contributed by atoms with Gasteiger partial charge in [0.25, 0.3) is 0 Å². The highest BCUT2D eigenvalue weighted by Gasteiger charge is 2.35. The van der Waals surface area contributed by atoms with E-state index in [1.54, 1.807) is 14.2 Å². The molecule has 3 rings (SSSR count). The van der Waals surface area contributed by atoms with Crippen molar-refractivity contribution in [2.45, 2.75) is 38.5 Å². The van der Waals surface area contributed by atoms with E-state index in [1.165, 1.54) is 16.7 Å². The van der Waals surface area contributed by atoms with Gasteiger partial charge in [-0.2, -0.15) is 0 Å². The maximum Gasteiger partial charge on any atom is 0.191 e. The average Bonchev–Trinajstić information content (AvgIpc) is 2.83. The number of methoxy groups -OCH3 is 2. The summed E-state index contributed by atoms with van der Waals surface area (Å²) in [5, 5.41) is 6.89. The summed E-state index contributed by atoms with van der Waals surface area (Å²) in [4.78, 5) is 5.01. The molecule has 0 radical (unpaired) electrons. The van der Waals surface area contributed by atoms with E-state index in [4.69, 9.17) is 19.2 Å². The first kappa shape index (κ1) is 27.2. The molecule has 0 unspecified atom stereocenters. The number of rotatable bonds is 9. The van der Waals surface area contributed by atoms with Crippen LogP contribution in [0.1, 0.15) is 36.5 Å². The van der Waals surface area contributed by atoms with Crippen molar-refractivity contribution in [2.75, 3.05) is 47.1 Å². The molecule has 182 valence electrons. The van der Waals surface area contributed by atoms with Gasteiger partial charge in [-0.1, -0.05) is 30.3 Å². The lowest BCUT2D eigenvalue weighted by molar-refractivity contribution is 0.0529. The number of hydrogen-bond donors (Lipinski definition) is 2. The van der Waals surface area contributed by atoms with Gasteiger partial charge in [-0.05, 0) is 61.9 Å². The highest BCUT2D eigenvalue weighted by molar-refractivity contribution is 14.0. The monoisotopic (exact) mass is 567 g/mol. The molecule has 33 heavy (non-hydrogen) atoms. The van der Waals surface area contributed by atoms with Gasteiger partial charge in [0.1, 0.15) is 0 Å². The van der Waals surface area contributed by atoms with Crippen molar-refractivity contribution in [1.29, 1.82) is 0 Å². The number of aryl methyl sites for hydroxylation is 1. The van der Waals surface area contributed by atoms with E-state index in [2.05, 4.69) is 54.8 Å². The Morgan fingerprint density at radius 2 is 1.76 bits per heavy atom. The van der Waals surface area contributed by atoms with Crippen LogP contribution in [-0.4, -0.2) is 53.0 Å². The van der Waals surface area contributed by atoms with Crippen LogP contribution in [0, 0.1) is 6.92 Å². The lowest BCUT2D eigenvalue weighted by atomic mass is 9.72. The SMILES string of the molecule is CCNC(=NCC1(c2ccccc2C)CCOCC1)NCCc1ccc(OC)c(OC)c1.I. The van der Waals surface area contributed by atoms with Crippen molar-refractivity contribution in [2.24, 2.45) is 4.99 Å². The standard InChI is InChI=1S/C26H37N3O3.HI/c1-5-27-25(28-15-12-21-10-11-23(30-3)24(18-21)31-4)29-19-26(13-16-32-17-14-26)22-9-7-6-8-20(22)2;/h6-11,18H,5,12-17,19H2,1-4H3,(H2,27,28,29);1H. The van der Waals surface area contributed by atoms with Crippen molar-refractivity contribution < 1.29 is 14.2 Å². The van der Waals surface area contributed by atoms with Gasteiger partial charge in [-0.25, -0.2) is 0 Å². The molecular weight excluding hydrogens is 529 g/mol. The van der Waals surface area contributed by atoms with E-state index in [9.17, 15) is 0 Å². The second kappa shape index (κ2) is 13.6. The summed E-state index contributed by atoms with van der Waals surface area (Å²) in [5.41, 5.74) is 3.94.